The van der Waals surface area contributed by atoms with Gasteiger partial charge in [0.2, 0.25) is 5.91 Å². The summed E-state index contributed by atoms with van der Waals surface area (Å²) in [7, 11) is 0. The highest BCUT2D eigenvalue weighted by molar-refractivity contribution is 5.93. The first-order valence-corrected chi connectivity index (χ1v) is 6.60. The van der Waals surface area contributed by atoms with E-state index < -0.39 is 11.8 Å². The molecule has 6 heteroatoms. The first kappa shape index (κ1) is 15.2. The van der Waals surface area contributed by atoms with E-state index in [9.17, 15) is 14.0 Å². The van der Waals surface area contributed by atoms with Crippen LogP contribution in [0.1, 0.15) is 18.9 Å². The molecule has 0 spiro atoms. The molecule has 1 saturated heterocycles. The molecule has 0 radical (unpaired) electrons. The summed E-state index contributed by atoms with van der Waals surface area (Å²) in [4.78, 5) is 22.4. The number of amides is 1. The van der Waals surface area contributed by atoms with Crippen LogP contribution in [0.4, 0.5) is 10.1 Å². The van der Waals surface area contributed by atoms with Crippen molar-refractivity contribution >= 4 is 23.6 Å². The maximum atomic E-state index is 13.9. The van der Waals surface area contributed by atoms with E-state index in [0.717, 1.165) is 6.08 Å². The molecule has 1 aliphatic rings. The van der Waals surface area contributed by atoms with Crippen molar-refractivity contribution in [1.82, 2.24) is 0 Å². The number of halogens is 1. The Bertz CT molecular complexity index is 585. The van der Waals surface area contributed by atoms with E-state index in [-0.39, 0.29) is 23.6 Å². The smallest absolute Gasteiger partial charge is 0.328 e. The monoisotopic (exact) mass is 293 g/mol. The number of nitrogens with one attached hydrogen (secondary N) is 1. The molecule has 5 nitrogen and oxygen atoms in total. The molecule has 2 atom stereocenters. The molecule has 1 aromatic rings. The van der Waals surface area contributed by atoms with Crippen LogP contribution in [0, 0.1) is 11.7 Å². The summed E-state index contributed by atoms with van der Waals surface area (Å²) in [6, 6.07) is 4.12. The summed E-state index contributed by atoms with van der Waals surface area (Å²) in [6.07, 6.45) is 2.65. The Morgan fingerprint density at radius 3 is 2.81 bits per heavy atom. The van der Waals surface area contributed by atoms with Crippen LogP contribution in [0.25, 0.3) is 6.08 Å². The molecule has 112 valence electrons. The maximum Gasteiger partial charge on any atom is 0.328 e. The lowest BCUT2D eigenvalue weighted by Crippen LogP contribution is -2.28. The summed E-state index contributed by atoms with van der Waals surface area (Å²) in [5, 5.41) is 11.1. The molecule has 1 heterocycles. The van der Waals surface area contributed by atoms with Crippen molar-refractivity contribution in [3.05, 3.63) is 35.7 Å². The summed E-state index contributed by atoms with van der Waals surface area (Å²) >= 11 is 0. The standard InChI is InChI=1S/C15H16FNO4/c1-9-11(6-7-21-9)15(20)17-13-4-2-10(8-12(13)16)3-5-14(18)19/h2-5,8-9,11H,6-7H2,1H3,(H,17,20)(H,18,19). The summed E-state index contributed by atoms with van der Waals surface area (Å²) in [5.74, 6) is -2.27. The van der Waals surface area contributed by atoms with Gasteiger partial charge < -0.3 is 15.2 Å². The lowest BCUT2D eigenvalue weighted by molar-refractivity contribution is -0.131. The van der Waals surface area contributed by atoms with Gasteiger partial charge in [0, 0.05) is 12.7 Å². The third-order valence-corrected chi connectivity index (χ3v) is 3.38. The quantitative estimate of drug-likeness (QED) is 0.835. The van der Waals surface area contributed by atoms with Crippen molar-refractivity contribution in [3.8, 4) is 0 Å². The van der Waals surface area contributed by atoms with Crippen LogP contribution >= 0.6 is 0 Å². The first-order valence-electron chi connectivity index (χ1n) is 6.60. The molecule has 2 N–H and O–H groups in total. The number of ether oxygens (including phenoxy) is 1. The zero-order valence-electron chi connectivity index (χ0n) is 11.5. The van der Waals surface area contributed by atoms with E-state index in [0.29, 0.717) is 18.6 Å². The van der Waals surface area contributed by atoms with E-state index in [1.807, 2.05) is 6.92 Å². The number of aliphatic carboxylic acids is 1. The maximum absolute atomic E-state index is 13.9. The van der Waals surface area contributed by atoms with Gasteiger partial charge in [-0.25, -0.2) is 9.18 Å². The van der Waals surface area contributed by atoms with Crippen molar-refractivity contribution in [1.29, 1.82) is 0 Å². The second kappa shape index (κ2) is 6.49. The summed E-state index contributed by atoms with van der Waals surface area (Å²) in [6.45, 7) is 2.34. The van der Waals surface area contributed by atoms with E-state index in [1.165, 1.54) is 24.3 Å². The Morgan fingerprint density at radius 1 is 1.48 bits per heavy atom. The van der Waals surface area contributed by atoms with Gasteiger partial charge in [-0.2, -0.15) is 0 Å². The van der Waals surface area contributed by atoms with Gasteiger partial charge in [-0.15, -0.1) is 0 Å². The number of carboxylic acids is 1. The van der Waals surface area contributed by atoms with Crippen molar-refractivity contribution < 1.29 is 23.8 Å². The molecule has 0 saturated carbocycles. The normalized spacial score (nSPS) is 21.6. The number of hydrogen-bond donors (Lipinski definition) is 2. The predicted molar refractivity (Wildman–Crippen MR) is 75.2 cm³/mol. The molecule has 0 aromatic heterocycles. The summed E-state index contributed by atoms with van der Waals surface area (Å²) in [5.41, 5.74) is 0.483. The lowest BCUT2D eigenvalue weighted by atomic mass is 10.0. The molecule has 1 fully saturated rings. The zero-order chi connectivity index (χ0) is 15.4. The molecule has 1 aromatic carbocycles. The van der Waals surface area contributed by atoms with Crippen LogP contribution in [-0.2, 0) is 14.3 Å². The van der Waals surface area contributed by atoms with Gasteiger partial charge in [-0.1, -0.05) is 6.07 Å². The van der Waals surface area contributed by atoms with Gasteiger partial charge >= 0.3 is 5.97 Å². The third kappa shape index (κ3) is 3.88. The Morgan fingerprint density at radius 2 is 2.24 bits per heavy atom. The molecule has 0 bridgehead atoms. The van der Waals surface area contributed by atoms with Crippen molar-refractivity contribution in [2.45, 2.75) is 19.4 Å². The van der Waals surface area contributed by atoms with Crippen LogP contribution in [0.3, 0.4) is 0 Å². The molecule has 1 amide bonds. The van der Waals surface area contributed by atoms with Gasteiger partial charge in [0.1, 0.15) is 5.82 Å². The number of anilines is 1. The minimum Gasteiger partial charge on any atom is -0.478 e. The highest BCUT2D eigenvalue weighted by Crippen LogP contribution is 2.23. The average molecular weight is 293 g/mol. The average Bonchev–Trinajstić information content (AvgIpc) is 2.85. The van der Waals surface area contributed by atoms with Gasteiger partial charge in [-0.05, 0) is 37.1 Å². The highest BCUT2D eigenvalue weighted by atomic mass is 19.1. The third-order valence-electron chi connectivity index (χ3n) is 3.38. The number of carbonyl (C=O) groups is 2. The lowest BCUT2D eigenvalue weighted by Gasteiger charge is -2.14. The van der Waals surface area contributed by atoms with Gasteiger partial charge in [-0.3, -0.25) is 4.79 Å². The summed E-state index contributed by atoms with van der Waals surface area (Å²) < 4.78 is 19.2. The Balaban J connectivity index is 2.07. The second-order valence-electron chi connectivity index (χ2n) is 4.87. The van der Waals surface area contributed by atoms with Gasteiger partial charge in [0.15, 0.2) is 0 Å². The largest absolute Gasteiger partial charge is 0.478 e. The number of carbonyl (C=O) groups excluding carboxylic acids is 1. The fraction of sp³-hybridized carbons (Fsp3) is 0.333. The van der Waals surface area contributed by atoms with E-state index in [1.54, 1.807) is 0 Å². The predicted octanol–water partition coefficient (Wildman–Crippen LogP) is 2.29. The zero-order valence-corrected chi connectivity index (χ0v) is 11.5. The van der Waals surface area contributed by atoms with Crippen LogP contribution < -0.4 is 5.32 Å². The number of carboxylic acid groups (broad SMARTS) is 1. The topological polar surface area (TPSA) is 75.6 Å². The fourth-order valence-corrected chi connectivity index (χ4v) is 2.21. The SMILES string of the molecule is CC1OCCC1C(=O)Nc1ccc(C=CC(=O)O)cc1F. The van der Waals surface area contributed by atoms with Crippen LogP contribution in [0.15, 0.2) is 24.3 Å². The molecule has 2 rings (SSSR count). The minimum atomic E-state index is -1.11. The molecule has 1 aliphatic heterocycles. The fourth-order valence-electron chi connectivity index (χ4n) is 2.21. The van der Waals surface area contributed by atoms with Gasteiger partial charge in [0.25, 0.3) is 0 Å². The van der Waals surface area contributed by atoms with E-state index in [4.69, 9.17) is 9.84 Å². The number of hydrogen-bond acceptors (Lipinski definition) is 3. The van der Waals surface area contributed by atoms with E-state index >= 15 is 0 Å². The van der Waals surface area contributed by atoms with Crippen molar-refractivity contribution in [2.75, 3.05) is 11.9 Å². The number of rotatable bonds is 4. The molecule has 2 unspecified atom stereocenters. The highest BCUT2D eigenvalue weighted by Gasteiger charge is 2.31. The van der Waals surface area contributed by atoms with Gasteiger partial charge in [0.05, 0.1) is 17.7 Å². The first-order chi connectivity index (χ1) is 9.97. The Kier molecular flexibility index (Phi) is 4.70. The van der Waals surface area contributed by atoms with Crippen molar-refractivity contribution in [3.63, 3.8) is 0 Å². The Hall–Kier alpha value is -2.21. The van der Waals surface area contributed by atoms with Crippen molar-refractivity contribution in [2.24, 2.45) is 5.92 Å². The van der Waals surface area contributed by atoms with Crippen LogP contribution in [0.5, 0.6) is 0 Å². The second-order valence-corrected chi connectivity index (χ2v) is 4.87. The molecular formula is C15H16FNO4. The number of benzene rings is 1. The molecular weight excluding hydrogens is 277 g/mol. The van der Waals surface area contributed by atoms with Crippen LogP contribution in [-0.4, -0.2) is 29.7 Å². The van der Waals surface area contributed by atoms with E-state index in [2.05, 4.69) is 5.32 Å². The molecule has 21 heavy (non-hydrogen) atoms. The Labute approximate surface area is 121 Å². The van der Waals surface area contributed by atoms with Crippen LogP contribution in [0.2, 0.25) is 0 Å². The molecule has 0 aliphatic carbocycles. The minimum absolute atomic E-state index is 0.0755.